The molecule has 94 valence electrons. The Morgan fingerprint density at radius 1 is 1.35 bits per heavy atom. The molecule has 5 nitrogen and oxygen atoms in total. The summed E-state index contributed by atoms with van der Waals surface area (Å²) in [5.41, 5.74) is 0.822. The Morgan fingerprint density at radius 2 is 2.00 bits per heavy atom. The van der Waals surface area contributed by atoms with E-state index in [1.165, 1.54) is 11.3 Å². The topological polar surface area (TPSA) is 48.5 Å². The van der Waals surface area contributed by atoms with E-state index in [2.05, 4.69) is 22.2 Å². The van der Waals surface area contributed by atoms with Crippen LogP contribution in [0.3, 0.4) is 0 Å². The number of rotatable bonds is 2. The summed E-state index contributed by atoms with van der Waals surface area (Å²) < 4.78 is 0. The summed E-state index contributed by atoms with van der Waals surface area (Å²) in [4.78, 5) is 21.5. The van der Waals surface area contributed by atoms with Crippen LogP contribution in [0.5, 0.6) is 0 Å². The summed E-state index contributed by atoms with van der Waals surface area (Å²) in [6.07, 6.45) is 0. The van der Waals surface area contributed by atoms with E-state index < -0.39 is 0 Å². The molecule has 1 amide bonds. The van der Waals surface area contributed by atoms with Crippen molar-refractivity contribution in [1.29, 1.82) is 0 Å². The number of nitrogens with one attached hydrogen (secondary N) is 1. The van der Waals surface area contributed by atoms with Gasteiger partial charge in [-0.1, -0.05) is 11.3 Å². The number of aromatic nitrogens is 1. The fraction of sp³-hybridized carbons (Fsp3) is 0.636. The maximum absolute atomic E-state index is 12.3. The predicted octanol–water partition coefficient (Wildman–Crippen LogP) is 0.881. The molecule has 0 saturated carbocycles. The first-order valence-corrected chi connectivity index (χ1v) is 6.56. The second-order valence-electron chi connectivity index (χ2n) is 4.28. The number of hydrogen-bond acceptors (Lipinski definition) is 5. The van der Waals surface area contributed by atoms with Gasteiger partial charge in [0.2, 0.25) is 0 Å². The van der Waals surface area contributed by atoms with Crippen molar-refractivity contribution < 1.29 is 4.79 Å². The van der Waals surface area contributed by atoms with Crippen LogP contribution in [0.4, 0.5) is 5.13 Å². The normalized spacial score (nSPS) is 17.2. The first-order chi connectivity index (χ1) is 8.11. The molecule has 2 heterocycles. The molecular weight excluding hydrogens is 236 g/mol. The fourth-order valence-corrected chi connectivity index (χ4v) is 2.74. The van der Waals surface area contributed by atoms with Crippen LogP contribution < -0.4 is 5.32 Å². The summed E-state index contributed by atoms with van der Waals surface area (Å²) in [6.45, 7) is 5.40. The van der Waals surface area contributed by atoms with Gasteiger partial charge in [0.05, 0.1) is 5.69 Å². The lowest BCUT2D eigenvalue weighted by Crippen LogP contribution is -2.47. The molecule has 1 aromatic rings. The Hall–Kier alpha value is -1.14. The summed E-state index contributed by atoms with van der Waals surface area (Å²) >= 11 is 1.44. The van der Waals surface area contributed by atoms with Crippen molar-refractivity contribution in [2.75, 3.05) is 45.6 Å². The fourth-order valence-electron chi connectivity index (χ4n) is 1.85. The van der Waals surface area contributed by atoms with Gasteiger partial charge in [-0.05, 0) is 14.0 Å². The van der Waals surface area contributed by atoms with Crippen molar-refractivity contribution in [3.05, 3.63) is 10.6 Å². The highest BCUT2D eigenvalue weighted by molar-refractivity contribution is 7.17. The second-order valence-corrected chi connectivity index (χ2v) is 5.28. The van der Waals surface area contributed by atoms with Crippen molar-refractivity contribution in [2.45, 2.75) is 6.92 Å². The van der Waals surface area contributed by atoms with Gasteiger partial charge < -0.3 is 15.1 Å². The van der Waals surface area contributed by atoms with Crippen molar-refractivity contribution in [3.8, 4) is 0 Å². The molecule has 17 heavy (non-hydrogen) atoms. The zero-order valence-corrected chi connectivity index (χ0v) is 11.3. The molecule has 1 fully saturated rings. The summed E-state index contributed by atoms with van der Waals surface area (Å²) in [7, 11) is 3.90. The largest absolute Gasteiger partial charge is 0.365 e. The number of likely N-dealkylation sites (N-methyl/N-ethyl adjacent to an activating group) is 1. The molecule has 0 radical (unpaired) electrons. The molecule has 2 rings (SSSR count). The highest BCUT2D eigenvalue weighted by Crippen LogP contribution is 2.23. The molecule has 0 spiro atoms. The van der Waals surface area contributed by atoms with Gasteiger partial charge in [-0.2, -0.15) is 0 Å². The Labute approximate surface area is 105 Å². The Kier molecular flexibility index (Phi) is 3.63. The van der Waals surface area contributed by atoms with E-state index in [0.29, 0.717) is 0 Å². The quantitative estimate of drug-likeness (QED) is 0.851. The first kappa shape index (κ1) is 12.3. The number of nitrogens with zero attached hydrogens (tertiary/aromatic N) is 3. The zero-order chi connectivity index (χ0) is 12.4. The number of carbonyl (C=O) groups excluding carboxylic acids is 1. The molecular formula is C11H18N4OS. The number of aryl methyl sites for hydroxylation is 1. The lowest BCUT2D eigenvalue weighted by molar-refractivity contribution is 0.0668. The third kappa shape index (κ3) is 2.58. The maximum Gasteiger partial charge on any atom is 0.266 e. The minimum Gasteiger partial charge on any atom is -0.365 e. The zero-order valence-electron chi connectivity index (χ0n) is 10.5. The van der Waals surface area contributed by atoms with E-state index in [0.717, 1.165) is 41.9 Å². The third-order valence-electron chi connectivity index (χ3n) is 3.00. The van der Waals surface area contributed by atoms with Gasteiger partial charge in [-0.25, -0.2) is 4.98 Å². The van der Waals surface area contributed by atoms with E-state index >= 15 is 0 Å². The molecule has 0 aliphatic carbocycles. The number of amides is 1. The van der Waals surface area contributed by atoms with Crippen LogP contribution in [0.2, 0.25) is 0 Å². The molecule has 1 N–H and O–H groups in total. The van der Waals surface area contributed by atoms with Gasteiger partial charge in [0.1, 0.15) is 4.88 Å². The van der Waals surface area contributed by atoms with Gasteiger partial charge in [-0.15, -0.1) is 0 Å². The molecule has 6 heteroatoms. The Balaban J connectivity index is 2.11. The molecule has 0 atom stereocenters. The highest BCUT2D eigenvalue weighted by atomic mass is 32.1. The van der Waals surface area contributed by atoms with E-state index in [4.69, 9.17) is 0 Å². The van der Waals surface area contributed by atoms with E-state index in [1.807, 2.05) is 18.9 Å². The standard InChI is InChI=1S/C11H18N4OS/c1-8-9(17-11(12-2)13-8)10(16)15-6-4-14(3)5-7-15/h4-7H2,1-3H3,(H,12,13). The monoisotopic (exact) mass is 254 g/mol. The van der Waals surface area contributed by atoms with E-state index in [1.54, 1.807) is 0 Å². The Bertz CT molecular complexity index is 410. The summed E-state index contributed by atoms with van der Waals surface area (Å²) in [6, 6.07) is 0. The molecule has 0 aromatic carbocycles. The average Bonchev–Trinajstić information content (AvgIpc) is 2.71. The molecule has 1 aromatic heterocycles. The van der Waals surface area contributed by atoms with Crippen LogP contribution in [-0.2, 0) is 0 Å². The number of piperazine rings is 1. The molecule has 1 aliphatic heterocycles. The van der Waals surface area contributed by atoms with Crippen molar-refractivity contribution in [2.24, 2.45) is 0 Å². The van der Waals surface area contributed by atoms with Gasteiger partial charge >= 0.3 is 0 Å². The minimum absolute atomic E-state index is 0.120. The minimum atomic E-state index is 0.120. The summed E-state index contributed by atoms with van der Waals surface area (Å²) in [5, 5.41) is 3.79. The Morgan fingerprint density at radius 3 is 2.53 bits per heavy atom. The summed E-state index contributed by atoms with van der Waals surface area (Å²) in [5.74, 6) is 0.120. The van der Waals surface area contributed by atoms with Crippen LogP contribution in [0.25, 0.3) is 0 Å². The first-order valence-electron chi connectivity index (χ1n) is 5.75. The highest BCUT2D eigenvalue weighted by Gasteiger charge is 2.23. The average molecular weight is 254 g/mol. The van der Waals surface area contributed by atoms with Gasteiger partial charge in [-0.3, -0.25) is 4.79 Å². The van der Waals surface area contributed by atoms with Gasteiger partial charge in [0.25, 0.3) is 5.91 Å². The van der Waals surface area contributed by atoms with Crippen molar-refractivity contribution in [3.63, 3.8) is 0 Å². The molecule has 0 bridgehead atoms. The number of carbonyl (C=O) groups is 1. The third-order valence-corrected chi connectivity index (χ3v) is 4.16. The van der Waals surface area contributed by atoms with Crippen LogP contribution in [0.1, 0.15) is 15.4 Å². The smallest absolute Gasteiger partial charge is 0.266 e. The van der Waals surface area contributed by atoms with Gasteiger partial charge in [0.15, 0.2) is 5.13 Å². The van der Waals surface area contributed by atoms with Crippen LogP contribution >= 0.6 is 11.3 Å². The number of anilines is 1. The molecule has 0 unspecified atom stereocenters. The lowest BCUT2D eigenvalue weighted by Gasteiger charge is -2.32. The number of hydrogen-bond donors (Lipinski definition) is 1. The second kappa shape index (κ2) is 5.01. The van der Waals surface area contributed by atoms with Crippen LogP contribution in [0, 0.1) is 6.92 Å². The van der Waals surface area contributed by atoms with Gasteiger partial charge in [0, 0.05) is 33.2 Å². The molecule has 1 saturated heterocycles. The van der Waals surface area contributed by atoms with Crippen molar-refractivity contribution in [1.82, 2.24) is 14.8 Å². The van der Waals surface area contributed by atoms with Crippen LogP contribution in [0.15, 0.2) is 0 Å². The van der Waals surface area contributed by atoms with Crippen LogP contribution in [-0.4, -0.2) is 61.0 Å². The SMILES string of the molecule is CNc1nc(C)c(C(=O)N2CCN(C)CC2)s1. The lowest BCUT2D eigenvalue weighted by atomic mass is 10.3. The van der Waals surface area contributed by atoms with E-state index in [-0.39, 0.29) is 5.91 Å². The maximum atomic E-state index is 12.3. The molecule has 1 aliphatic rings. The van der Waals surface area contributed by atoms with Crippen molar-refractivity contribution >= 4 is 22.4 Å². The van der Waals surface area contributed by atoms with E-state index in [9.17, 15) is 4.79 Å². The number of thiazole rings is 1. The predicted molar refractivity (Wildman–Crippen MR) is 69.8 cm³/mol.